The van der Waals surface area contributed by atoms with E-state index in [9.17, 15) is 13.2 Å². The molecule has 1 aromatic heterocycles. The van der Waals surface area contributed by atoms with Gasteiger partial charge < -0.3 is 0 Å². The lowest BCUT2D eigenvalue weighted by molar-refractivity contribution is 0.432. The van der Waals surface area contributed by atoms with E-state index < -0.39 is 23.5 Å². The zero-order valence-corrected chi connectivity index (χ0v) is 9.99. The smallest absolute Gasteiger partial charge is 0.194 e. The monoisotopic (exact) mass is 268 g/mol. The van der Waals surface area contributed by atoms with Crippen LogP contribution in [0.3, 0.4) is 0 Å². The fourth-order valence-electron chi connectivity index (χ4n) is 1.73. The third kappa shape index (κ3) is 2.56. The molecule has 0 aliphatic carbocycles. The Balaban J connectivity index is 2.51. The number of benzene rings is 1. The minimum Gasteiger partial charge on any atom is -0.271 e. The van der Waals surface area contributed by atoms with Crippen molar-refractivity contribution >= 4 is 0 Å². The van der Waals surface area contributed by atoms with E-state index in [-0.39, 0.29) is 5.56 Å². The van der Waals surface area contributed by atoms with Gasteiger partial charge in [-0.15, -0.1) is 0 Å². The Labute approximate surface area is 107 Å². The van der Waals surface area contributed by atoms with Crippen LogP contribution < -0.4 is 11.3 Å². The Morgan fingerprint density at radius 3 is 2.53 bits per heavy atom. The average molecular weight is 268 g/mol. The van der Waals surface area contributed by atoms with Gasteiger partial charge in [-0.3, -0.25) is 5.84 Å². The summed E-state index contributed by atoms with van der Waals surface area (Å²) in [5.74, 6) is 1.73. The van der Waals surface area contributed by atoms with Gasteiger partial charge >= 0.3 is 0 Å². The predicted octanol–water partition coefficient (Wildman–Crippen LogP) is 1.76. The summed E-state index contributed by atoms with van der Waals surface area (Å²) in [4.78, 5) is 7.97. The lowest BCUT2D eigenvalue weighted by Gasteiger charge is -2.17. The highest BCUT2D eigenvalue weighted by atomic mass is 19.2. The molecule has 0 aliphatic rings. The van der Waals surface area contributed by atoms with Crippen molar-refractivity contribution in [2.75, 3.05) is 0 Å². The van der Waals surface area contributed by atoms with Crippen molar-refractivity contribution in [2.45, 2.75) is 13.0 Å². The van der Waals surface area contributed by atoms with Crippen LogP contribution in [0.1, 0.15) is 23.1 Å². The normalized spacial score (nSPS) is 12.5. The number of aromatic nitrogens is 2. The number of hydrogen-bond acceptors (Lipinski definition) is 4. The van der Waals surface area contributed by atoms with Crippen molar-refractivity contribution in [1.29, 1.82) is 0 Å². The Bertz CT molecular complexity index is 604. The Morgan fingerprint density at radius 1 is 1.16 bits per heavy atom. The highest BCUT2D eigenvalue weighted by Gasteiger charge is 2.22. The predicted molar refractivity (Wildman–Crippen MR) is 62.3 cm³/mol. The van der Waals surface area contributed by atoms with Gasteiger partial charge in [-0.2, -0.15) is 0 Å². The van der Waals surface area contributed by atoms with Crippen molar-refractivity contribution in [1.82, 2.24) is 15.4 Å². The maximum Gasteiger partial charge on any atom is 0.194 e. The SMILES string of the molecule is Cc1nccc(C(NN)c2ccc(F)c(F)c2F)n1. The molecular formula is C12H11F3N4. The third-order valence-electron chi connectivity index (χ3n) is 2.64. The topological polar surface area (TPSA) is 63.8 Å². The first kappa shape index (κ1) is 13.4. The lowest BCUT2D eigenvalue weighted by atomic mass is 10.0. The van der Waals surface area contributed by atoms with Crippen LogP contribution in [-0.2, 0) is 0 Å². The summed E-state index contributed by atoms with van der Waals surface area (Å²) in [7, 11) is 0. The number of hydrogen-bond donors (Lipinski definition) is 2. The van der Waals surface area contributed by atoms with Gasteiger partial charge in [0.25, 0.3) is 0 Å². The van der Waals surface area contributed by atoms with Crippen LogP contribution in [0, 0.1) is 24.4 Å². The summed E-state index contributed by atoms with van der Waals surface area (Å²) >= 11 is 0. The first-order chi connectivity index (χ1) is 9.04. The summed E-state index contributed by atoms with van der Waals surface area (Å²) in [6.45, 7) is 1.65. The molecule has 7 heteroatoms. The molecule has 2 rings (SSSR count). The molecule has 2 aromatic rings. The fraction of sp³-hybridized carbons (Fsp3) is 0.167. The molecular weight excluding hydrogens is 257 g/mol. The fourth-order valence-corrected chi connectivity index (χ4v) is 1.73. The van der Waals surface area contributed by atoms with Gasteiger partial charge in [0.15, 0.2) is 17.5 Å². The molecule has 19 heavy (non-hydrogen) atoms. The quantitative estimate of drug-likeness (QED) is 0.506. The van der Waals surface area contributed by atoms with Gasteiger partial charge in [0.2, 0.25) is 0 Å². The highest BCUT2D eigenvalue weighted by Crippen LogP contribution is 2.25. The molecule has 3 N–H and O–H groups in total. The number of nitrogens with zero attached hydrogens (tertiary/aromatic N) is 2. The van der Waals surface area contributed by atoms with Crippen molar-refractivity contribution in [3.8, 4) is 0 Å². The number of nitrogens with one attached hydrogen (secondary N) is 1. The van der Waals surface area contributed by atoms with E-state index in [1.165, 1.54) is 12.3 Å². The average Bonchev–Trinajstić information content (AvgIpc) is 2.40. The van der Waals surface area contributed by atoms with Gasteiger partial charge in [-0.25, -0.2) is 28.6 Å². The largest absolute Gasteiger partial charge is 0.271 e. The van der Waals surface area contributed by atoms with Gasteiger partial charge in [0, 0.05) is 11.8 Å². The van der Waals surface area contributed by atoms with Gasteiger partial charge in [-0.1, -0.05) is 6.07 Å². The molecule has 1 atom stereocenters. The molecule has 4 nitrogen and oxygen atoms in total. The summed E-state index contributed by atoms with van der Waals surface area (Å²) in [6.07, 6.45) is 1.47. The minimum atomic E-state index is -1.54. The molecule has 0 amide bonds. The number of aryl methyl sites for hydroxylation is 1. The van der Waals surface area contributed by atoms with E-state index >= 15 is 0 Å². The molecule has 0 spiro atoms. The van der Waals surface area contributed by atoms with Crippen molar-refractivity contribution in [2.24, 2.45) is 5.84 Å². The number of nitrogens with two attached hydrogens (primary N) is 1. The molecule has 0 saturated heterocycles. The molecule has 0 fully saturated rings. The molecule has 1 aromatic carbocycles. The lowest BCUT2D eigenvalue weighted by Crippen LogP contribution is -2.30. The summed E-state index contributed by atoms with van der Waals surface area (Å²) in [5, 5.41) is 0. The van der Waals surface area contributed by atoms with Gasteiger partial charge in [0.1, 0.15) is 5.82 Å². The van der Waals surface area contributed by atoms with Crippen LogP contribution in [0.15, 0.2) is 24.4 Å². The highest BCUT2D eigenvalue weighted by molar-refractivity contribution is 5.29. The van der Waals surface area contributed by atoms with Crippen LogP contribution in [0.2, 0.25) is 0 Å². The molecule has 0 radical (unpaired) electrons. The van der Waals surface area contributed by atoms with E-state index in [4.69, 9.17) is 5.84 Å². The Hall–Kier alpha value is -1.99. The zero-order valence-electron chi connectivity index (χ0n) is 9.99. The van der Waals surface area contributed by atoms with E-state index in [1.807, 2.05) is 0 Å². The molecule has 0 bridgehead atoms. The van der Waals surface area contributed by atoms with Crippen molar-refractivity contribution < 1.29 is 13.2 Å². The van der Waals surface area contributed by atoms with Gasteiger partial charge in [0.05, 0.1) is 11.7 Å². The van der Waals surface area contributed by atoms with E-state index in [0.29, 0.717) is 11.5 Å². The Kier molecular flexibility index (Phi) is 3.77. The molecule has 100 valence electrons. The second-order valence-corrected chi connectivity index (χ2v) is 3.89. The first-order valence-electron chi connectivity index (χ1n) is 5.43. The molecule has 1 unspecified atom stereocenters. The van der Waals surface area contributed by atoms with Crippen molar-refractivity contribution in [3.05, 3.63) is 58.9 Å². The van der Waals surface area contributed by atoms with E-state index in [2.05, 4.69) is 15.4 Å². The van der Waals surface area contributed by atoms with Crippen LogP contribution >= 0.6 is 0 Å². The van der Waals surface area contributed by atoms with Crippen LogP contribution in [-0.4, -0.2) is 9.97 Å². The van der Waals surface area contributed by atoms with Crippen LogP contribution in [0.25, 0.3) is 0 Å². The second-order valence-electron chi connectivity index (χ2n) is 3.89. The molecule has 0 saturated carbocycles. The maximum atomic E-state index is 13.7. The zero-order chi connectivity index (χ0) is 14.0. The van der Waals surface area contributed by atoms with Crippen LogP contribution in [0.5, 0.6) is 0 Å². The maximum absolute atomic E-state index is 13.7. The number of halogens is 3. The minimum absolute atomic E-state index is 0.125. The standard InChI is InChI=1S/C12H11F3N4/c1-6-17-5-4-9(18-6)12(19-16)7-2-3-8(13)11(15)10(7)14/h2-5,12,19H,16H2,1H3. The summed E-state index contributed by atoms with van der Waals surface area (Å²) < 4.78 is 39.9. The molecule has 0 aliphatic heterocycles. The van der Waals surface area contributed by atoms with E-state index in [1.54, 1.807) is 6.92 Å². The summed E-state index contributed by atoms with van der Waals surface area (Å²) in [5.41, 5.74) is 2.57. The third-order valence-corrected chi connectivity index (χ3v) is 2.64. The molecule has 1 heterocycles. The Morgan fingerprint density at radius 2 is 1.89 bits per heavy atom. The van der Waals surface area contributed by atoms with E-state index in [0.717, 1.165) is 12.1 Å². The van der Waals surface area contributed by atoms with Gasteiger partial charge in [-0.05, 0) is 19.1 Å². The van der Waals surface area contributed by atoms with Crippen molar-refractivity contribution in [3.63, 3.8) is 0 Å². The second kappa shape index (κ2) is 5.33. The van der Waals surface area contributed by atoms with Crippen LogP contribution in [0.4, 0.5) is 13.2 Å². The first-order valence-corrected chi connectivity index (χ1v) is 5.43. The summed E-state index contributed by atoms with van der Waals surface area (Å²) in [6, 6.07) is 2.58. The number of hydrazine groups is 1. The number of rotatable bonds is 3.